The van der Waals surface area contributed by atoms with E-state index >= 15 is 0 Å². The lowest BCUT2D eigenvalue weighted by molar-refractivity contribution is 0.174. The van der Waals surface area contributed by atoms with Crippen molar-refractivity contribution in [2.45, 2.75) is 0 Å². The van der Waals surface area contributed by atoms with Crippen molar-refractivity contribution in [2.75, 3.05) is 36.3 Å². The van der Waals surface area contributed by atoms with Crippen LogP contribution in [0.25, 0.3) is 16.7 Å². The van der Waals surface area contributed by atoms with Crippen molar-refractivity contribution in [2.24, 2.45) is 0 Å². The maximum absolute atomic E-state index is 12.9. The average Bonchev–Trinajstić information content (AvgIpc) is 3.16. The van der Waals surface area contributed by atoms with E-state index in [0.717, 1.165) is 29.2 Å². The Morgan fingerprint density at radius 3 is 2.78 bits per heavy atom. The number of rotatable bonds is 2. The van der Waals surface area contributed by atoms with Gasteiger partial charge in [0.1, 0.15) is 5.39 Å². The molecule has 0 unspecified atom stereocenters. The Balaban J connectivity index is 1.62. The number of aromatic nitrogens is 4. The first-order chi connectivity index (χ1) is 13.2. The molecule has 0 amide bonds. The standard InChI is InChI=1S/C17H15N5O4S/c23-15-11-8-18-16(21-3-5-27-6-4-21)19-14(11)20-17(24)22(15)10-1-2-12-13(7-10)26-9-25-12/h1-2,7-8H,3-6,9H2,(H,18,19,20,24). The molecule has 138 valence electrons. The second-order valence-electron chi connectivity index (χ2n) is 6.14. The number of anilines is 1. The smallest absolute Gasteiger partial charge is 0.334 e. The van der Waals surface area contributed by atoms with Gasteiger partial charge in [0.25, 0.3) is 5.56 Å². The summed E-state index contributed by atoms with van der Waals surface area (Å²) in [6.07, 6.45) is 1.47. The van der Waals surface area contributed by atoms with E-state index in [-0.39, 0.29) is 17.8 Å². The fourth-order valence-corrected chi connectivity index (χ4v) is 4.07. The number of ether oxygens (including phenoxy) is 2. The summed E-state index contributed by atoms with van der Waals surface area (Å²) in [5, 5.41) is 0.252. The molecule has 9 nitrogen and oxygen atoms in total. The molecule has 2 aliphatic heterocycles. The SMILES string of the molecule is O=c1[nH]c2nc(N3CCSCC3)ncc2c(=O)n1-c1ccc2c(c1)OCO2. The Labute approximate surface area is 157 Å². The lowest BCUT2D eigenvalue weighted by Crippen LogP contribution is -2.36. The summed E-state index contributed by atoms with van der Waals surface area (Å²) in [6, 6.07) is 4.91. The maximum Gasteiger partial charge on any atom is 0.334 e. The third-order valence-electron chi connectivity index (χ3n) is 4.55. The van der Waals surface area contributed by atoms with Crippen LogP contribution < -0.4 is 25.6 Å². The third-order valence-corrected chi connectivity index (χ3v) is 5.49. The predicted molar refractivity (Wildman–Crippen MR) is 101 cm³/mol. The van der Waals surface area contributed by atoms with Crippen molar-refractivity contribution < 1.29 is 9.47 Å². The van der Waals surface area contributed by atoms with Crippen LogP contribution in [0.2, 0.25) is 0 Å². The Kier molecular flexibility index (Phi) is 3.78. The average molecular weight is 385 g/mol. The summed E-state index contributed by atoms with van der Waals surface area (Å²) in [5.74, 6) is 3.61. The second kappa shape index (κ2) is 6.31. The molecule has 0 atom stereocenters. The molecular weight excluding hydrogens is 370 g/mol. The minimum absolute atomic E-state index is 0.118. The van der Waals surface area contributed by atoms with Gasteiger partial charge < -0.3 is 14.4 Å². The fourth-order valence-electron chi connectivity index (χ4n) is 3.17. The maximum atomic E-state index is 12.9. The molecule has 1 N–H and O–H groups in total. The molecule has 0 aliphatic carbocycles. The summed E-state index contributed by atoms with van der Waals surface area (Å²) >= 11 is 1.88. The predicted octanol–water partition coefficient (Wildman–Crippen LogP) is 0.751. The first kappa shape index (κ1) is 16.2. The highest BCUT2D eigenvalue weighted by Crippen LogP contribution is 2.33. The number of H-pyrrole nitrogens is 1. The van der Waals surface area contributed by atoms with Gasteiger partial charge in [-0.05, 0) is 12.1 Å². The zero-order valence-corrected chi connectivity index (χ0v) is 15.0. The van der Waals surface area contributed by atoms with Crippen LogP contribution in [-0.4, -0.2) is 50.9 Å². The van der Waals surface area contributed by atoms with Gasteiger partial charge in [0, 0.05) is 36.9 Å². The first-order valence-electron chi connectivity index (χ1n) is 8.45. The summed E-state index contributed by atoms with van der Waals surface area (Å²) < 4.78 is 11.6. The minimum Gasteiger partial charge on any atom is -0.454 e. The minimum atomic E-state index is -0.565. The van der Waals surface area contributed by atoms with E-state index in [0.29, 0.717) is 23.1 Å². The zero-order chi connectivity index (χ0) is 18.4. The fraction of sp³-hybridized carbons (Fsp3) is 0.294. The van der Waals surface area contributed by atoms with Gasteiger partial charge in [0.05, 0.1) is 5.69 Å². The topological polar surface area (TPSA) is 102 Å². The van der Waals surface area contributed by atoms with Crippen molar-refractivity contribution in [3.8, 4) is 17.2 Å². The highest BCUT2D eigenvalue weighted by molar-refractivity contribution is 7.99. The molecule has 0 saturated carbocycles. The number of fused-ring (bicyclic) bond motifs is 2. The monoisotopic (exact) mass is 385 g/mol. The molecule has 10 heteroatoms. The van der Waals surface area contributed by atoms with Crippen LogP contribution in [0.3, 0.4) is 0 Å². The van der Waals surface area contributed by atoms with Crippen molar-refractivity contribution in [1.29, 1.82) is 0 Å². The molecule has 0 bridgehead atoms. The van der Waals surface area contributed by atoms with E-state index in [1.165, 1.54) is 6.20 Å². The van der Waals surface area contributed by atoms with E-state index in [9.17, 15) is 9.59 Å². The largest absolute Gasteiger partial charge is 0.454 e. The third kappa shape index (κ3) is 2.72. The van der Waals surface area contributed by atoms with Crippen LogP contribution in [-0.2, 0) is 0 Å². The lowest BCUT2D eigenvalue weighted by atomic mass is 10.2. The molecular formula is C17H15N5O4S. The molecule has 2 aliphatic rings. The highest BCUT2D eigenvalue weighted by atomic mass is 32.2. The van der Waals surface area contributed by atoms with Crippen LogP contribution in [0, 0.1) is 0 Å². The molecule has 0 spiro atoms. The van der Waals surface area contributed by atoms with E-state index in [2.05, 4.69) is 19.9 Å². The van der Waals surface area contributed by atoms with Crippen molar-refractivity contribution >= 4 is 28.7 Å². The van der Waals surface area contributed by atoms with Gasteiger partial charge >= 0.3 is 5.69 Å². The second-order valence-corrected chi connectivity index (χ2v) is 7.36. The first-order valence-corrected chi connectivity index (χ1v) is 9.61. The number of nitrogens with one attached hydrogen (secondary N) is 1. The van der Waals surface area contributed by atoms with Gasteiger partial charge in [-0.25, -0.2) is 14.3 Å². The molecule has 5 rings (SSSR count). The molecule has 1 aromatic carbocycles. The molecule has 2 aromatic heterocycles. The van der Waals surface area contributed by atoms with E-state index < -0.39 is 11.2 Å². The van der Waals surface area contributed by atoms with Crippen molar-refractivity contribution in [1.82, 2.24) is 19.5 Å². The number of hydrogen-bond donors (Lipinski definition) is 1. The van der Waals surface area contributed by atoms with Gasteiger partial charge in [-0.1, -0.05) is 0 Å². The Bertz CT molecular complexity index is 1150. The summed E-state index contributed by atoms with van der Waals surface area (Å²) in [7, 11) is 0. The van der Waals surface area contributed by atoms with Crippen LogP contribution in [0.4, 0.5) is 5.95 Å². The van der Waals surface area contributed by atoms with Crippen LogP contribution >= 0.6 is 11.8 Å². The normalized spacial score (nSPS) is 16.1. The van der Waals surface area contributed by atoms with Gasteiger partial charge in [0.15, 0.2) is 17.1 Å². The summed E-state index contributed by atoms with van der Waals surface area (Å²) in [6.45, 7) is 1.80. The molecule has 0 radical (unpaired) electrons. The molecule has 27 heavy (non-hydrogen) atoms. The number of nitrogens with zero attached hydrogens (tertiary/aromatic N) is 4. The van der Waals surface area contributed by atoms with Gasteiger partial charge in [0.2, 0.25) is 12.7 Å². The van der Waals surface area contributed by atoms with E-state index in [4.69, 9.17) is 9.47 Å². The molecule has 4 heterocycles. The number of thioether (sulfide) groups is 1. The van der Waals surface area contributed by atoms with Crippen LogP contribution in [0.5, 0.6) is 11.5 Å². The van der Waals surface area contributed by atoms with Gasteiger partial charge in [-0.15, -0.1) is 0 Å². The Hall–Kier alpha value is -3.01. The van der Waals surface area contributed by atoms with Gasteiger partial charge in [-0.3, -0.25) is 9.78 Å². The molecule has 3 aromatic rings. The summed E-state index contributed by atoms with van der Waals surface area (Å²) in [5.41, 5.74) is -0.409. The van der Waals surface area contributed by atoms with Crippen molar-refractivity contribution in [3.05, 3.63) is 45.2 Å². The summed E-state index contributed by atoms with van der Waals surface area (Å²) in [4.78, 5) is 39.0. The van der Waals surface area contributed by atoms with Crippen LogP contribution in [0.1, 0.15) is 0 Å². The van der Waals surface area contributed by atoms with Gasteiger partial charge in [-0.2, -0.15) is 16.7 Å². The van der Waals surface area contributed by atoms with Crippen molar-refractivity contribution in [3.63, 3.8) is 0 Å². The molecule has 1 fully saturated rings. The van der Waals surface area contributed by atoms with E-state index in [1.807, 2.05) is 11.8 Å². The number of aromatic amines is 1. The van der Waals surface area contributed by atoms with Crippen LogP contribution in [0.15, 0.2) is 34.0 Å². The Morgan fingerprint density at radius 2 is 1.93 bits per heavy atom. The molecule has 1 saturated heterocycles. The number of hydrogen-bond acceptors (Lipinski definition) is 8. The number of benzene rings is 1. The van der Waals surface area contributed by atoms with E-state index in [1.54, 1.807) is 18.2 Å². The lowest BCUT2D eigenvalue weighted by Gasteiger charge is -2.26. The highest BCUT2D eigenvalue weighted by Gasteiger charge is 2.19. The quantitative estimate of drug-likeness (QED) is 0.690. The zero-order valence-electron chi connectivity index (χ0n) is 14.2. The Morgan fingerprint density at radius 1 is 1.11 bits per heavy atom.